The summed E-state index contributed by atoms with van der Waals surface area (Å²) in [5.41, 5.74) is 2.95. The first-order chi connectivity index (χ1) is 13.1. The molecular formula is C23H30N2O2. The molecule has 2 aromatic rings. The Bertz CT molecular complexity index is 745. The molecule has 3 rings (SSSR count). The number of carbonyl (C=O) groups is 1. The van der Waals surface area contributed by atoms with Gasteiger partial charge in [0, 0.05) is 31.3 Å². The quantitative estimate of drug-likeness (QED) is 0.851. The molecule has 4 nitrogen and oxygen atoms in total. The Morgan fingerprint density at radius 2 is 1.85 bits per heavy atom. The number of aliphatic hydroxyl groups excluding tert-OH is 1. The number of aliphatic hydroxyl groups is 1. The summed E-state index contributed by atoms with van der Waals surface area (Å²) < 4.78 is 0. The molecule has 2 aromatic carbocycles. The second kappa shape index (κ2) is 9.16. The molecule has 4 heteroatoms. The molecule has 1 heterocycles. The third-order valence-electron chi connectivity index (χ3n) is 5.59. The third kappa shape index (κ3) is 4.76. The van der Waals surface area contributed by atoms with Gasteiger partial charge < -0.3 is 14.9 Å². The third-order valence-corrected chi connectivity index (χ3v) is 5.59. The zero-order chi connectivity index (χ0) is 19.2. The Hall–Kier alpha value is -2.17. The fourth-order valence-corrected chi connectivity index (χ4v) is 4.17. The van der Waals surface area contributed by atoms with Crippen LogP contribution in [0, 0.1) is 5.92 Å². The normalized spacial score (nSPS) is 20.1. The van der Waals surface area contributed by atoms with Crippen molar-refractivity contribution < 1.29 is 9.90 Å². The number of hydrogen-bond donors (Lipinski definition) is 1. The van der Waals surface area contributed by atoms with Gasteiger partial charge in [0.15, 0.2) is 0 Å². The van der Waals surface area contributed by atoms with Crippen LogP contribution in [0.5, 0.6) is 0 Å². The van der Waals surface area contributed by atoms with Gasteiger partial charge in [0.05, 0.1) is 0 Å². The molecule has 0 radical (unpaired) electrons. The number of likely N-dealkylation sites (tertiary alicyclic amines) is 1. The van der Waals surface area contributed by atoms with Gasteiger partial charge in [-0.05, 0) is 62.5 Å². The molecule has 1 N–H and O–H groups in total. The van der Waals surface area contributed by atoms with Crippen LogP contribution in [0.15, 0.2) is 54.6 Å². The van der Waals surface area contributed by atoms with Crippen LogP contribution in [-0.2, 0) is 0 Å². The zero-order valence-electron chi connectivity index (χ0n) is 16.3. The Labute approximate surface area is 162 Å². The van der Waals surface area contributed by atoms with Crippen molar-refractivity contribution in [2.45, 2.75) is 25.3 Å². The molecule has 0 spiro atoms. The molecule has 1 fully saturated rings. The van der Waals surface area contributed by atoms with Crippen molar-refractivity contribution in [3.63, 3.8) is 0 Å². The zero-order valence-corrected chi connectivity index (χ0v) is 16.3. The Morgan fingerprint density at radius 1 is 1.11 bits per heavy atom. The Morgan fingerprint density at radius 3 is 2.56 bits per heavy atom. The van der Waals surface area contributed by atoms with E-state index in [9.17, 15) is 9.90 Å². The van der Waals surface area contributed by atoms with Crippen molar-refractivity contribution in [2.24, 2.45) is 5.92 Å². The van der Waals surface area contributed by atoms with Crippen molar-refractivity contribution in [3.8, 4) is 11.1 Å². The van der Waals surface area contributed by atoms with E-state index in [0.29, 0.717) is 12.0 Å². The van der Waals surface area contributed by atoms with Gasteiger partial charge in [-0.25, -0.2) is 0 Å². The van der Waals surface area contributed by atoms with Crippen LogP contribution >= 0.6 is 0 Å². The van der Waals surface area contributed by atoms with E-state index in [1.54, 1.807) is 0 Å². The molecule has 0 unspecified atom stereocenters. The van der Waals surface area contributed by atoms with E-state index in [1.807, 2.05) is 41.3 Å². The number of amides is 1. The molecule has 0 aromatic heterocycles. The average Bonchev–Trinajstić information content (AvgIpc) is 2.72. The van der Waals surface area contributed by atoms with Crippen LogP contribution in [0.2, 0.25) is 0 Å². The largest absolute Gasteiger partial charge is 0.396 e. The highest BCUT2D eigenvalue weighted by molar-refractivity contribution is 5.95. The molecule has 0 aliphatic carbocycles. The second-order valence-corrected chi connectivity index (χ2v) is 7.64. The first kappa shape index (κ1) is 19.6. The molecule has 1 aliphatic rings. The van der Waals surface area contributed by atoms with Gasteiger partial charge in [0.25, 0.3) is 5.91 Å². The van der Waals surface area contributed by atoms with E-state index < -0.39 is 0 Å². The molecule has 0 bridgehead atoms. The van der Waals surface area contributed by atoms with Crippen molar-refractivity contribution in [1.82, 2.24) is 9.80 Å². The maximum absolute atomic E-state index is 13.1. The number of nitrogens with zero attached hydrogens (tertiary/aromatic N) is 2. The van der Waals surface area contributed by atoms with Gasteiger partial charge in [-0.3, -0.25) is 4.79 Å². The Balaban J connectivity index is 1.75. The summed E-state index contributed by atoms with van der Waals surface area (Å²) in [6.45, 7) is 1.76. The summed E-state index contributed by atoms with van der Waals surface area (Å²) in [7, 11) is 4.22. The maximum Gasteiger partial charge on any atom is 0.253 e. The fraction of sp³-hybridized carbons (Fsp3) is 0.435. The second-order valence-electron chi connectivity index (χ2n) is 7.64. The van der Waals surface area contributed by atoms with Crippen LogP contribution in [0.1, 0.15) is 29.6 Å². The lowest BCUT2D eigenvalue weighted by molar-refractivity contribution is 0.0496. The molecule has 2 atom stereocenters. The van der Waals surface area contributed by atoms with E-state index in [4.69, 9.17) is 0 Å². The summed E-state index contributed by atoms with van der Waals surface area (Å²) in [4.78, 5) is 17.4. The predicted molar refractivity (Wildman–Crippen MR) is 110 cm³/mol. The first-order valence-electron chi connectivity index (χ1n) is 9.82. The van der Waals surface area contributed by atoms with Gasteiger partial charge >= 0.3 is 0 Å². The minimum atomic E-state index is 0.110. The first-order valence-corrected chi connectivity index (χ1v) is 9.82. The van der Waals surface area contributed by atoms with E-state index >= 15 is 0 Å². The van der Waals surface area contributed by atoms with Crippen LogP contribution in [-0.4, -0.2) is 60.6 Å². The Kier molecular flexibility index (Phi) is 6.64. The maximum atomic E-state index is 13.1. The highest BCUT2D eigenvalue weighted by Gasteiger charge is 2.32. The number of carbonyl (C=O) groups excluding carboxylic acids is 1. The number of rotatable bonds is 6. The molecule has 1 aliphatic heterocycles. The molecule has 0 saturated carbocycles. The van der Waals surface area contributed by atoms with E-state index in [2.05, 4.69) is 37.2 Å². The van der Waals surface area contributed by atoms with Gasteiger partial charge in [0.2, 0.25) is 0 Å². The van der Waals surface area contributed by atoms with Crippen LogP contribution in [0.3, 0.4) is 0 Å². The van der Waals surface area contributed by atoms with Gasteiger partial charge in [-0.1, -0.05) is 42.5 Å². The topological polar surface area (TPSA) is 43.8 Å². The lowest BCUT2D eigenvalue weighted by Gasteiger charge is -2.41. The lowest BCUT2D eigenvalue weighted by atomic mass is 9.87. The fourth-order valence-electron chi connectivity index (χ4n) is 4.17. The summed E-state index contributed by atoms with van der Waals surface area (Å²) in [5.74, 6) is 0.515. The van der Waals surface area contributed by atoms with E-state index in [1.165, 1.54) is 0 Å². The van der Waals surface area contributed by atoms with Crippen molar-refractivity contribution in [3.05, 3.63) is 60.2 Å². The summed E-state index contributed by atoms with van der Waals surface area (Å²) in [5, 5.41) is 9.22. The SMILES string of the molecule is CN(C)[C@@H]1CCN(C(=O)c2cccc(-c3ccccc3)c2)C[C@@H]1CCCO. The van der Waals surface area contributed by atoms with Crippen LogP contribution < -0.4 is 0 Å². The summed E-state index contributed by atoms with van der Waals surface area (Å²) in [6.07, 6.45) is 2.72. The monoisotopic (exact) mass is 366 g/mol. The van der Waals surface area contributed by atoms with Crippen molar-refractivity contribution >= 4 is 5.91 Å². The van der Waals surface area contributed by atoms with Crippen molar-refractivity contribution in [1.29, 1.82) is 0 Å². The van der Waals surface area contributed by atoms with Crippen LogP contribution in [0.4, 0.5) is 0 Å². The predicted octanol–water partition coefficient (Wildman–Crippen LogP) is 3.52. The number of benzene rings is 2. The summed E-state index contributed by atoms with van der Waals surface area (Å²) in [6, 6.07) is 18.6. The lowest BCUT2D eigenvalue weighted by Crippen LogP contribution is -2.50. The van der Waals surface area contributed by atoms with Crippen LogP contribution in [0.25, 0.3) is 11.1 Å². The minimum absolute atomic E-state index is 0.110. The molecule has 1 amide bonds. The van der Waals surface area contributed by atoms with Gasteiger partial charge in [-0.2, -0.15) is 0 Å². The minimum Gasteiger partial charge on any atom is -0.396 e. The summed E-state index contributed by atoms with van der Waals surface area (Å²) >= 11 is 0. The highest BCUT2D eigenvalue weighted by Crippen LogP contribution is 2.27. The smallest absolute Gasteiger partial charge is 0.253 e. The van der Waals surface area contributed by atoms with E-state index in [0.717, 1.165) is 49.0 Å². The van der Waals surface area contributed by atoms with Gasteiger partial charge in [0.1, 0.15) is 0 Å². The van der Waals surface area contributed by atoms with Gasteiger partial charge in [-0.15, -0.1) is 0 Å². The molecule has 144 valence electrons. The van der Waals surface area contributed by atoms with Crippen molar-refractivity contribution in [2.75, 3.05) is 33.8 Å². The number of hydrogen-bond acceptors (Lipinski definition) is 3. The highest BCUT2D eigenvalue weighted by atomic mass is 16.3. The number of piperidine rings is 1. The average molecular weight is 367 g/mol. The molecule has 27 heavy (non-hydrogen) atoms. The van der Waals surface area contributed by atoms with E-state index in [-0.39, 0.29) is 12.5 Å². The molecular weight excluding hydrogens is 336 g/mol. The molecule has 1 saturated heterocycles. The standard InChI is InChI=1S/C23H30N2O2/c1-24(2)22-13-14-25(17-21(22)12-7-15-26)23(27)20-11-6-10-19(16-20)18-8-4-3-5-9-18/h3-6,8-11,16,21-22,26H,7,12-15,17H2,1-2H3/t21-,22+/m0/s1.